The molecule has 0 bridgehead atoms. The summed E-state index contributed by atoms with van der Waals surface area (Å²) >= 11 is 1.35. The van der Waals surface area contributed by atoms with Crippen molar-refractivity contribution in [3.05, 3.63) is 69.1 Å². The molecule has 24 heavy (non-hydrogen) atoms. The number of carbonyl (C=O) groups is 1. The van der Waals surface area contributed by atoms with Crippen molar-refractivity contribution >= 4 is 22.2 Å². The molecule has 1 aromatic carbocycles. The van der Waals surface area contributed by atoms with E-state index in [4.69, 9.17) is 4.74 Å². The number of hydrogen-bond donors (Lipinski definition) is 1. The largest absolute Gasteiger partial charge is 0.377 e. The zero-order valence-corrected chi connectivity index (χ0v) is 14.0. The van der Waals surface area contributed by atoms with Crippen molar-refractivity contribution in [1.82, 2.24) is 14.7 Å². The maximum atomic E-state index is 12.3. The molecule has 0 fully saturated rings. The number of aromatic nitrogens is 2. The number of nitrogens with one attached hydrogen (secondary N) is 1. The molecule has 0 aliphatic rings. The molecule has 0 atom stereocenters. The molecule has 0 saturated carbocycles. The molecule has 3 aromatic rings. The Labute approximate surface area is 142 Å². The molecule has 0 radical (unpaired) electrons. The fourth-order valence-electron chi connectivity index (χ4n) is 2.33. The van der Waals surface area contributed by atoms with Crippen molar-refractivity contribution in [2.75, 3.05) is 6.61 Å². The Morgan fingerprint density at radius 3 is 2.92 bits per heavy atom. The monoisotopic (exact) mass is 343 g/mol. The van der Waals surface area contributed by atoms with E-state index >= 15 is 0 Å². The molecule has 0 saturated heterocycles. The number of nitrogens with zero attached hydrogens (tertiary/aromatic N) is 2. The molecule has 2 heterocycles. The highest BCUT2D eigenvalue weighted by Gasteiger charge is 2.14. The zero-order chi connectivity index (χ0) is 16.9. The highest BCUT2D eigenvalue weighted by atomic mass is 32.1. The number of carbonyl (C=O) groups excluding carboxylic acids is 1. The van der Waals surface area contributed by atoms with Crippen LogP contribution in [-0.2, 0) is 17.9 Å². The van der Waals surface area contributed by atoms with Gasteiger partial charge in [-0.15, -0.1) is 11.3 Å². The minimum Gasteiger partial charge on any atom is -0.377 e. The Morgan fingerprint density at radius 1 is 1.33 bits per heavy atom. The topological polar surface area (TPSA) is 72.7 Å². The van der Waals surface area contributed by atoms with Crippen LogP contribution in [0.25, 0.3) is 4.96 Å². The first kappa shape index (κ1) is 16.4. The third-order valence-electron chi connectivity index (χ3n) is 3.61. The molecule has 0 aliphatic carbocycles. The summed E-state index contributed by atoms with van der Waals surface area (Å²) in [6, 6.07) is 7.73. The summed E-state index contributed by atoms with van der Waals surface area (Å²) in [5.41, 5.74) is 1.65. The molecular formula is C17H17N3O3S. The summed E-state index contributed by atoms with van der Waals surface area (Å²) in [7, 11) is 0. The van der Waals surface area contributed by atoms with Gasteiger partial charge in [-0.1, -0.05) is 24.3 Å². The van der Waals surface area contributed by atoms with Crippen LogP contribution in [0.4, 0.5) is 0 Å². The van der Waals surface area contributed by atoms with Crippen LogP contribution >= 0.6 is 11.3 Å². The van der Waals surface area contributed by atoms with E-state index in [0.717, 1.165) is 11.1 Å². The summed E-state index contributed by atoms with van der Waals surface area (Å²) in [5, 5.41) is 4.54. The lowest BCUT2D eigenvalue weighted by atomic mass is 10.1. The molecule has 124 valence electrons. The standard InChI is InChI=1S/C17H17N3O3S/c1-2-23-11-13-6-4-3-5-12(13)9-18-15(21)14-10-19-17-20(16(14)22)7-8-24-17/h3-8,10H,2,9,11H2,1H3,(H,18,21). The van der Waals surface area contributed by atoms with Gasteiger partial charge in [-0.25, -0.2) is 4.98 Å². The maximum Gasteiger partial charge on any atom is 0.271 e. The normalized spacial score (nSPS) is 10.9. The molecule has 1 N–H and O–H groups in total. The van der Waals surface area contributed by atoms with E-state index in [-0.39, 0.29) is 11.1 Å². The minimum atomic E-state index is -0.431. The number of hydrogen-bond acceptors (Lipinski definition) is 5. The van der Waals surface area contributed by atoms with Gasteiger partial charge in [0, 0.05) is 30.9 Å². The third kappa shape index (κ3) is 3.37. The number of fused-ring (bicyclic) bond motifs is 1. The SMILES string of the molecule is CCOCc1ccccc1CNC(=O)c1cnc2sccn2c1=O. The number of ether oxygens (including phenoxy) is 1. The van der Waals surface area contributed by atoms with E-state index in [0.29, 0.717) is 24.7 Å². The van der Waals surface area contributed by atoms with Crippen molar-refractivity contribution in [1.29, 1.82) is 0 Å². The average Bonchev–Trinajstić information content (AvgIpc) is 3.08. The summed E-state index contributed by atoms with van der Waals surface area (Å²) < 4.78 is 6.81. The van der Waals surface area contributed by atoms with E-state index < -0.39 is 5.91 Å². The van der Waals surface area contributed by atoms with Crippen molar-refractivity contribution in [3.8, 4) is 0 Å². The molecule has 1 amide bonds. The highest BCUT2D eigenvalue weighted by Crippen LogP contribution is 2.10. The molecule has 6 nitrogen and oxygen atoms in total. The van der Waals surface area contributed by atoms with E-state index in [1.54, 1.807) is 11.6 Å². The first-order valence-electron chi connectivity index (χ1n) is 7.58. The van der Waals surface area contributed by atoms with Gasteiger partial charge in [-0.2, -0.15) is 0 Å². The Balaban J connectivity index is 1.75. The Bertz CT molecular complexity index is 917. The van der Waals surface area contributed by atoms with Crippen molar-refractivity contribution < 1.29 is 9.53 Å². The lowest BCUT2D eigenvalue weighted by Gasteiger charge is -2.10. The number of thiazole rings is 1. The molecule has 7 heteroatoms. The molecule has 0 unspecified atom stereocenters. The van der Waals surface area contributed by atoms with Gasteiger partial charge in [0.15, 0.2) is 4.96 Å². The molecule has 0 spiro atoms. The second-order valence-electron chi connectivity index (χ2n) is 5.12. The summed E-state index contributed by atoms with van der Waals surface area (Å²) in [6.07, 6.45) is 2.94. The van der Waals surface area contributed by atoms with Gasteiger partial charge >= 0.3 is 0 Å². The fraction of sp³-hybridized carbons (Fsp3) is 0.235. The van der Waals surface area contributed by atoms with Gasteiger partial charge in [-0.05, 0) is 18.1 Å². The van der Waals surface area contributed by atoms with Crippen molar-refractivity contribution in [2.45, 2.75) is 20.1 Å². The van der Waals surface area contributed by atoms with Gasteiger partial charge in [-0.3, -0.25) is 14.0 Å². The lowest BCUT2D eigenvalue weighted by Crippen LogP contribution is -2.31. The first-order valence-corrected chi connectivity index (χ1v) is 8.46. The van der Waals surface area contributed by atoms with E-state index in [1.165, 1.54) is 21.9 Å². The highest BCUT2D eigenvalue weighted by molar-refractivity contribution is 7.15. The van der Waals surface area contributed by atoms with Crippen LogP contribution < -0.4 is 10.9 Å². The van der Waals surface area contributed by atoms with E-state index in [9.17, 15) is 9.59 Å². The summed E-state index contributed by atoms with van der Waals surface area (Å²) in [4.78, 5) is 29.3. The zero-order valence-electron chi connectivity index (χ0n) is 13.2. The smallest absolute Gasteiger partial charge is 0.271 e. The minimum absolute atomic E-state index is 0.0354. The Kier molecular flexibility index (Phi) is 5.02. The van der Waals surface area contributed by atoms with Gasteiger partial charge in [0.25, 0.3) is 11.5 Å². The van der Waals surface area contributed by atoms with Crippen LogP contribution in [0.3, 0.4) is 0 Å². The maximum absolute atomic E-state index is 12.3. The average molecular weight is 343 g/mol. The molecule has 2 aromatic heterocycles. The van der Waals surface area contributed by atoms with Gasteiger partial charge in [0.1, 0.15) is 5.56 Å². The predicted molar refractivity (Wildman–Crippen MR) is 92.3 cm³/mol. The van der Waals surface area contributed by atoms with Gasteiger partial charge in [0.2, 0.25) is 0 Å². The Hall–Kier alpha value is -2.51. The lowest BCUT2D eigenvalue weighted by molar-refractivity contribution is 0.0947. The van der Waals surface area contributed by atoms with Crippen LogP contribution in [-0.4, -0.2) is 21.9 Å². The third-order valence-corrected chi connectivity index (χ3v) is 4.38. The van der Waals surface area contributed by atoms with Gasteiger partial charge < -0.3 is 10.1 Å². The van der Waals surface area contributed by atoms with Gasteiger partial charge in [0.05, 0.1) is 6.61 Å². The van der Waals surface area contributed by atoms with Crippen molar-refractivity contribution in [3.63, 3.8) is 0 Å². The van der Waals surface area contributed by atoms with Crippen LogP contribution in [0.1, 0.15) is 28.4 Å². The van der Waals surface area contributed by atoms with Crippen LogP contribution in [0, 0.1) is 0 Å². The van der Waals surface area contributed by atoms with Crippen LogP contribution in [0.5, 0.6) is 0 Å². The number of benzene rings is 1. The fourth-order valence-corrected chi connectivity index (χ4v) is 3.01. The first-order chi connectivity index (χ1) is 11.7. The Morgan fingerprint density at radius 2 is 2.12 bits per heavy atom. The molecule has 3 rings (SSSR count). The van der Waals surface area contributed by atoms with E-state index in [1.807, 2.05) is 31.2 Å². The van der Waals surface area contributed by atoms with E-state index in [2.05, 4.69) is 10.3 Å². The number of amides is 1. The number of rotatable bonds is 6. The summed E-state index contributed by atoms with van der Waals surface area (Å²) in [6.45, 7) is 3.39. The van der Waals surface area contributed by atoms with Crippen LogP contribution in [0.2, 0.25) is 0 Å². The molecule has 0 aliphatic heterocycles. The predicted octanol–water partition coefficient (Wildman–Crippen LogP) is 2.22. The summed E-state index contributed by atoms with van der Waals surface area (Å²) in [5.74, 6) is -0.431. The van der Waals surface area contributed by atoms with Crippen molar-refractivity contribution in [2.24, 2.45) is 0 Å². The molecular weight excluding hydrogens is 326 g/mol. The second-order valence-corrected chi connectivity index (χ2v) is 5.99. The quantitative estimate of drug-likeness (QED) is 0.745. The second kappa shape index (κ2) is 7.37. The van der Waals surface area contributed by atoms with Crippen LogP contribution in [0.15, 0.2) is 46.8 Å².